The fourth-order valence-electron chi connectivity index (χ4n) is 2.07. The topological polar surface area (TPSA) is 37.3 Å². The van der Waals surface area contributed by atoms with Crippen LogP contribution in [0.1, 0.15) is 23.6 Å². The van der Waals surface area contributed by atoms with Crippen molar-refractivity contribution in [2.24, 2.45) is 5.92 Å². The molecule has 1 aliphatic carbocycles. The van der Waals surface area contributed by atoms with Gasteiger partial charge in [-0.1, -0.05) is 25.1 Å². The molecule has 0 amide bonds. The second kappa shape index (κ2) is 3.45. The van der Waals surface area contributed by atoms with E-state index < -0.39 is 5.97 Å². The second-order valence-electron chi connectivity index (χ2n) is 3.90. The van der Waals surface area contributed by atoms with E-state index in [0.29, 0.717) is 12.8 Å². The Morgan fingerprint density at radius 2 is 2.14 bits per heavy atom. The number of aliphatic carboxylic acids is 1. The van der Waals surface area contributed by atoms with Crippen molar-refractivity contribution in [1.82, 2.24) is 0 Å². The highest BCUT2D eigenvalue weighted by molar-refractivity contribution is 5.72. The molecule has 1 aliphatic rings. The molecule has 2 rings (SSSR count). The molecule has 0 aromatic heterocycles. The predicted octanol–water partition coefficient (Wildman–Crippen LogP) is 2.05. The molecule has 0 bridgehead atoms. The van der Waals surface area contributed by atoms with Crippen molar-refractivity contribution in [2.75, 3.05) is 0 Å². The zero-order valence-corrected chi connectivity index (χ0v) is 8.29. The minimum Gasteiger partial charge on any atom is -0.481 e. The van der Waals surface area contributed by atoms with E-state index in [1.165, 1.54) is 16.7 Å². The smallest absolute Gasteiger partial charge is 0.307 e. The first-order chi connectivity index (χ1) is 6.70. The maximum absolute atomic E-state index is 10.8. The fraction of sp³-hybridized carbons (Fsp3) is 0.417. The van der Waals surface area contributed by atoms with Crippen molar-refractivity contribution in [3.63, 3.8) is 0 Å². The lowest BCUT2D eigenvalue weighted by molar-refractivity contribution is -0.141. The lowest BCUT2D eigenvalue weighted by Gasteiger charge is -2.00. The largest absolute Gasteiger partial charge is 0.481 e. The number of aryl methyl sites for hydroxylation is 1. The fourth-order valence-corrected chi connectivity index (χ4v) is 2.07. The van der Waals surface area contributed by atoms with Crippen molar-refractivity contribution in [1.29, 1.82) is 0 Å². The highest BCUT2D eigenvalue weighted by atomic mass is 16.4. The summed E-state index contributed by atoms with van der Waals surface area (Å²) in [5.41, 5.74) is 3.75. The van der Waals surface area contributed by atoms with Gasteiger partial charge in [0.2, 0.25) is 0 Å². The van der Waals surface area contributed by atoms with Crippen molar-refractivity contribution in [3.8, 4) is 0 Å². The van der Waals surface area contributed by atoms with E-state index in [4.69, 9.17) is 5.11 Å². The standard InChI is InChI=1S/C12H14O2/c1-2-8-3-4-9-6-11(12(13)14)7-10(9)5-8/h3-5,11H,2,6-7H2,1H3,(H,13,14). The second-order valence-corrected chi connectivity index (χ2v) is 3.90. The summed E-state index contributed by atoms with van der Waals surface area (Å²) in [5.74, 6) is -0.864. The molecule has 0 saturated carbocycles. The molecule has 0 spiro atoms. The van der Waals surface area contributed by atoms with Gasteiger partial charge in [0.25, 0.3) is 0 Å². The highest BCUT2D eigenvalue weighted by Crippen LogP contribution is 2.27. The zero-order chi connectivity index (χ0) is 10.1. The van der Waals surface area contributed by atoms with Crippen LogP contribution < -0.4 is 0 Å². The van der Waals surface area contributed by atoms with Crippen molar-refractivity contribution in [3.05, 3.63) is 34.9 Å². The van der Waals surface area contributed by atoms with Crippen LogP contribution in [0, 0.1) is 5.92 Å². The Hall–Kier alpha value is -1.31. The lowest BCUT2D eigenvalue weighted by Crippen LogP contribution is -2.12. The predicted molar refractivity (Wildman–Crippen MR) is 54.4 cm³/mol. The molecule has 0 aliphatic heterocycles. The molecule has 14 heavy (non-hydrogen) atoms. The Bertz CT molecular complexity index is 369. The summed E-state index contributed by atoms with van der Waals surface area (Å²) in [7, 11) is 0. The van der Waals surface area contributed by atoms with Crippen LogP contribution in [0.4, 0.5) is 0 Å². The van der Waals surface area contributed by atoms with Gasteiger partial charge in [-0.3, -0.25) is 4.79 Å². The highest BCUT2D eigenvalue weighted by Gasteiger charge is 2.26. The number of carboxylic acids is 1. The molecule has 1 unspecified atom stereocenters. The quantitative estimate of drug-likeness (QED) is 0.775. The molecule has 1 atom stereocenters. The van der Waals surface area contributed by atoms with Gasteiger partial charge in [-0.05, 0) is 36.0 Å². The SMILES string of the molecule is CCc1ccc2c(c1)CC(C(=O)O)C2. The van der Waals surface area contributed by atoms with Gasteiger partial charge >= 0.3 is 5.97 Å². The zero-order valence-electron chi connectivity index (χ0n) is 8.29. The maximum atomic E-state index is 10.8. The number of rotatable bonds is 2. The molecule has 0 fully saturated rings. The minimum absolute atomic E-state index is 0.197. The van der Waals surface area contributed by atoms with Crippen LogP contribution in [0.5, 0.6) is 0 Å². The summed E-state index contributed by atoms with van der Waals surface area (Å²) in [6.07, 6.45) is 2.43. The van der Waals surface area contributed by atoms with Gasteiger partial charge in [0.15, 0.2) is 0 Å². The van der Waals surface area contributed by atoms with Crippen LogP contribution in [-0.4, -0.2) is 11.1 Å². The molecular formula is C12H14O2. The molecule has 1 aromatic rings. The number of carboxylic acid groups (broad SMARTS) is 1. The van der Waals surface area contributed by atoms with Crippen molar-refractivity contribution < 1.29 is 9.90 Å². The van der Waals surface area contributed by atoms with E-state index in [0.717, 1.165) is 6.42 Å². The average molecular weight is 190 g/mol. The summed E-state index contributed by atoms with van der Waals surface area (Å²) in [4.78, 5) is 10.8. The molecule has 74 valence electrons. The minimum atomic E-state index is -0.667. The Morgan fingerprint density at radius 1 is 1.43 bits per heavy atom. The molecule has 2 heteroatoms. The molecule has 2 nitrogen and oxygen atoms in total. The molecule has 0 radical (unpaired) electrons. The Morgan fingerprint density at radius 3 is 2.79 bits per heavy atom. The molecule has 0 heterocycles. The van der Waals surface area contributed by atoms with Crippen LogP contribution in [0.15, 0.2) is 18.2 Å². The van der Waals surface area contributed by atoms with Gasteiger partial charge in [-0.15, -0.1) is 0 Å². The third-order valence-electron chi connectivity index (χ3n) is 2.96. The van der Waals surface area contributed by atoms with Gasteiger partial charge < -0.3 is 5.11 Å². The Kier molecular flexibility index (Phi) is 2.28. The van der Waals surface area contributed by atoms with Gasteiger partial charge in [0.1, 0.15) is 0 Å². The average Bonchev–Trinajstić information content (AvgIpc) is 2.59. The molecule has 0 saturated heterocycles. The number of hydrogen-bond donors (Lipinski definition) is 1. The molecule has 1 aromatic carbocycles. The van der Waals surface area contributed by atoms with Crippen LogP contribution in [0.25, 0.3) is 0 Å². The van der Waals surface area contributed by atoms with Crippen LogP contribution in [0.2, 0.25) is 0 Å². The first-order valence-corrected chi connectivity index (χ1v) is 5.04. The summed E-state index contributed by atoms with van der Waals surface area (Å²) in [6.45, 7) is 2.12. The van der Waals surface area contributed by atoms with Gasteiger partial charge in [-0.2, -0.15) is 0 Å². The van der Waals surface area contributed by atoms with E-state index in [1.807, 2.05) is 0 Å². The first kappa shape index (κ1) is 9.25. The third-order valence-corrected chi connectivity index (χ3v) is 2.96. The number of hydrogen-bond acceptors (Lipinski definition) is 1. The Labute approximate surface area is 83.6 Å². The third kappa shape index (κ3) is 1.52. The summed E-state index contributed by atoms with van der Waals surface area (Å²) in [6, 6.07) is 6.33. The van der Waals surface area contributed by atoms with E-state index in [-0.39, 0.29) is 5.92 Å². The summed E-state index contributed by atoms with van der Waals surface area (Å²) < 4.78 is 0. The van der Waals surface area contributed by atoms with Crippen molar-refractivity contribution in [2.45, 2.75) is 26.2 Å². The van der Waals surface area contributed by atoms with Crippen LogP contribution in [0.3, 0.4) is 0 Å². The first-order valence-electron chi connectivity index (χ1n) is 5.04. The van der Waals surface area contributed by atoms with Gasteiger partial charge in [0.05, 0.1) is 5.92 Å². The number of carbonyl (C=O) groups is 1. The Balaban J connectivity index is 2.27. The molecule has 1 N–H and O–H groups in total. The summed E-state index contributed by atoms with van der Waals surface area (Å²) in [5, 5.41) is 8.91. The van der Waals surface area contributed by atoms with E-state index in [1.54, 1.807) is 0 Å². The summed E-state index contributed by atoms with van der Waals surface area (Å²) >= 11 is 0. The van der Waals surface area contributed by atoms with E-state index in [2.05, 4.69) is 25.1 Å². The van der Waals surface area contributed by atoms with Crippen LogP contribution >= 0.6 is 0 Å². The van der Waals surface area contributed by atoms with Crippen LogP contribution in [-0.2, 0) is 24.1 Å². The number of fused-ring (bicyclic) bond motifs is 1. The lowest BCUT2D eigenvalue weighted by atomic mass is 10.1. The van der Waals surface area contributed by atoms with Gasteiger partial charge in [0, 0.05) is 0 Å². The van der Waals surface area contributed by atoms with E-state index in [9.17, 15) is 4.79 Å². The normalized spacial score (nSPS) is 19.4. The van der Waals surface area contributed by atoms with Gasteiger partial charge in [-0.25, -0.2) is 0 Å². The van der Waals surface area contributed by atoms with E-state index >= 15 is 0 Å². The van der Waals surface area contributed by atoms with Crippen molar-refractivity contribution >= 4 is 5.97 Å². The molecular weight excluding hydrogens is 176 g/mol. The number of benzene rings is 1. The monoisotopic (exact) mass is 190 g/mol. The maximum Gasteiger partial charge on any atom is 0.307 e.